The summed E-state index contributed by atoms with van der Waals surface area (Å²) in [6.07, 6.45) is 4.50. The van der Waals surface area contributed by atoms with Crippen LogP contribution in [0.15, 0.2) is 30.3 Å². The molecule has 2 heterocycles. The highest BCUT2D eigenvalue weighted by molar-refractivity contribution is 6.33. The van der Waals surface area contributed by atoms with E-state index in [1.54, 1.807) is 0 Å². The number of benzene rings is 2. The highest BCUT2D eigenvalue weighted by Gasteiger charge is 2.31. The summed E-state index contributed by atoms with van der Waals surface area (Å²) in [5, 5.41) is 13.9. The maximum Gasteiger partial charge on any atom is 0.224 e. The number of hydrogen-bond donors (Lipinski definition) is 4. The minimum Gasteiger partial charge on any atom is -0.492 e. The zero-order chi connectivity index (χ0) is 29.4. The van der Waals surface area contributed by atoms with Crippen LogP contribution in [0.25, 0.3) is 0 Å². The van der Waals surface area contributed by atoms with E-state index in [-0.39, 0.29) is 17.9 Å². The third-order valence-electron chi connectivity index (χ3n) is 7.81. The van der Waals surface area contributed by atoms with Crippen molar-refractivity contribution in [1.82, 2.24) is 10.2 Å². The third kappa shape index (κ3) is 8.27. The Bertz CT molecular complexity index is 1190. The lowest BCUT2D eigenvalue weighted by atomic mass is 9.88. The molecule has 2 aromatic carbocycles. The maximum absolute atomic E-state index is 12.8. The number of aldehydes is 1. The predicted octanol–water partition coefficient (Wildman–Crippen LogP) is 5.18. The maximum atomic E-state index is 12.8. The van der Waals surface area contributed by atoms with Gasteiger partial charge in [0, 0.05) is 42.4 Å². The van der Waals surface area contributed by atoms with Crippen molar-refractivity contribution in [3.05, 3.63) is 40.9 Å². The van der Waals surface area contributed by atoms with Crippen molar-refractivity contribution in [2.24, 2.45) is 11.8 Å². The third-order valence-corrected chi connectivity index (χ3v) is 8.12. The van der Waals surface area contributed by atoms with Gasteiger partial charge in [-0.15, -0.1) is 0 Å². The zero-order valence-electron chi connectivity index (χ0n) is 24.6. The number of nitrogens with zero attached hydrogens (tertiary/aromatic N) is 1. The van der Waals surface area contributed by atoms with E-state index in [0.29, 0.717) is 66.0 Å². The van der Waals surface area contributed by atoms with Crippen LogP contribution in [0.3, 0.4) is 0 Å². The first-order chi connectivity index (χ1) is 19.8. The molecule has 1 amide bonds. The number of rotatable bonds is 13. The van der Waals surface area contributed by atoms with Crippen molar-refractivity contribution in [3.63, 3.8) is 0 Å². The largest absolute Gasteiger partial charge is 0.492 e. The molecule has 2 aliphatic rings. The lowest BCUT2D eigenvalue weighted by molar-refractivity contribution is -0.116. The van der Waals surface area contributed by atoms with Gasteiger partial charge in [-0.25, -0.2) is 0 Å². The van der Waals surface area contributed by atoms with Crippen LogP contribution in [0.5, 0.6) is 11.5 Å². The number of hydrogen-bond acceptors (Lipinski definition) is 8. The highest BCUT2D eigenvalue weighted by Crippen LogP contribution is 2.42. The van der Waals surface area contributed by atoms with Gasteiger partial charge in [0.2, 0.25) is 5.91 Å². The van der Waals surface area contributed by atoms with Gasteiger partial charge in [0.15, 0.2) is 0 Å². The van der Waals surface area contributed by atoms with Crippen molar-refractivity contribution in [3.8, 4) is 11.5 Å². The van der Waals surface area contributed by atoms with Crippen LogP contribution in [0, 0.1) is 11.8 Å². The van der Waals surface area contributed by atoms with Gasteiger partial charge in [0.05, 0.1) is 35.0 Å². The number of halogens is 1. The Hall–Kier alpha value is -3.01. The predicted molar refractivity (Wildman–Crippen MR) is 166 cm³/mol. The molecule has 0 aromatic heterocycles. The van der Waals surface area contributed by atoms with E-state index in [0.717, 1.165) is 37.0 Å². The van der Waals surface area contributed by atoms with Crippen molar-refractivity contribution in [2.75, 3.05) is 62.9 Å². The van der Waals surface area contributed by atoms with Gasteiger partial charge in [-0.1, -0.05) is 18.5 Å². The van der Waals surface area contributed by atoms with Crippen LogP contribution in [0.4, 0.5) is 17.1 Å². The molecule has 224 valence electrons. The first-order valence-electron chi connectivity index (χ1n) is 14.7. The SMILES string of the molecule is CCOc1cc2c(cc1NC(=O)CCCN(C)C)C(Nc1ccc(OCC3NCCCC3C)cc1Cl)C(C=O)CN2. The molecule has 4 unspecified atom stereocenters. The van der Waals surface area contributed by atoms with Crippen LogP contribution < -0.4 is 30.7 Å². The second-order valence-electron chi connectivity index (χ2n) is 11.3. The highest BCUT2D eigenvalue weighted by atomic mass is 35.5. The van der Waals surface area contributed by atoms with Crippen LogP contribution in [0.2, 0.25) is 5.02 Å². The number of amides is 1. The zero-order valence-corrected chi connectivity index (χ0v) is 25.4. The molecule has 4 rings (SSSR count). The summed E-state index contributed by atoms with van der Waals surface area (Å²) in [5.41, 5.74) is 2.99. The van der Waals surface area contributed by atoms with Crippen molar-refractivity contribution < 1.29 is 19.1 Å². The van der Waals surface area contributed by atoms with E-state index in [1.807, 2.05) is 51.4 Å². The Balaban J connectivity index is 1.52. The van der Waals surface area contributed by atoms with Crippen LogP contribution in [-0.2, 0) is 9.59 Å². The second kappa shape index (κ2) is 14.8. The normalized spacial score (nSPS) is 21.9. The Morgan fingerprint density at radius 3 is 2.73 bits per heavy atom. The molecule has 2 aromatic rings. The minimum absolute atomic E-state index is 0.0792. The standard InChI is InChI=1S/C31H44ClN5O4/c1-5-40-29-16-26-23(15-27(29)35-30(39)9-7-13-37(3)4)31(21(18-38)17-34-26)36-25-11-10-22(14-24(25)32)41-19-28-20(2)8-6-12-33-28/h10-11,14-16,18,20-21,28,31,33-34,36H,5-9,12-13,17,19H2,1-4H3,(H,35,39). The molecule has 0 radical (unpaired) electrons. The Kier molecular flexibility index (Phi) is 11.1. The molecule has 0 bridgehead atoms. The first-order valence-corrected chi connectivity index (χ1v) is 15.0. The van der Waals surface area contributed by atoms with Gasteiger partial charge >= 0.3 is 0 Å². The summed E-state index contributed by atoms with van der Waals surface area (Å²) in [4.78, 5) is 26.9. The molecule has 2 aliphatic heterocycles. The van der Waals surface area contributed by atoms with Gasteiger partial charge in [0.25, 0.3) is 0 Å². The summed E-state index contributed by atoms with van der Waals surface area (Å²) in [6, 6.07) is 9.35. The number of fused-ring (bicyclic) bond motifs is 1. The molecule has 9 nitrogen and oxygen atoms in total. The van der Waals surface area contributed by atoms with E-state index >= 15 is 0 Å². The fourth-order valence-corrected chi connectivity index (χ4v) is 5.65. The minimum atomic E-state index is -0.361. The molecule has 0 spiro atoms. The smallest absolute Gasteiger partial charge is 0.224 e. The van der Waals surface area contributed by atoms with Crippen LogP contribution in [-0.4, -0.2) is 70.1 Å². The van der Waals surface area contributed by atoms with E-state index in [1.165, 1.54) is 12.8 Å². The average Bonchev–Trinajstić information content (AvgIpc) is 2.94. The molecule has 10 heteroatoms. The lowest BCUT2D eigenvalue weighted by Crippen LogP contribution is -2.44. The molecule has 1 fully saturated rings. The Morgan fingerprint density at radius 2 is 2.02 bits per heavy atom. The molecule has 4 atom stereocenters. The lowest BCUT2D eigenvalue weighted by Gasteiger charge is -2.34. The van der Waals surface area contributed by atoms with Gasteiger partial charge < -0.3 is 40.4 Å². The van der Waals surface area contributed by atoms with E-state index in [2.05, 4.69) is 33.1 Å². The fraction of sp³-hybridized carbons (Fsp3) is 0.548. The summed E-state index contributed by atoms with van der Waals surface area (Å²) in [5.74, 6) is 1.43. The van der Waals surface area contributed by atoms with E-state index < -0.39 is 0 Å². The van der Waals surface area contributed by atoms with Crippen molar-refractivity contribution in [1.29, 1.82) is 0 Å². The van der Waals surface area contributed by atoms with E-state index in [9.17, 15) is 9.59 Å². The molecule has 1 saturated heterocycles. The molecular weight excluding hydrogens is 542 g/mol. The monoisotopic (exact) mass is 585 g/mol. The Labute approximate surface area is 248 Å². The molecule has 41 heavy (non-hydrogen) atoms. The van der Waals surface area contributed by atoms with Crippen LogP contribution >= 0.6 is 11.6 Å². The van der Waals surface area contributed by atoms with Gasteiger partial charge in [-0.2, -0.15) is 0 Å². The number of carbonyl (C=O) groups is 2. The Morgan fingerprint density at radius 1 is 1.20 bits per heavy atom. The van der Waals surface area contributed by atoms with Crippen LogP contribution in [0.1, 0.15) is 51.1 Å². The molecule has 4 N–H and O–H groups in total. The fourth-order valence-electron chi connectivity index (χ4n) is 5.43. The molecule has 0 aliphatic carbocycles. The van der Waals surface area contributed by atoms with Gasteiger partial charge in [-0.3, -0.25) is 4.79 Å². The average molecular weight is 586 g/mol. The topological polar surface area (TPSA) is 104 Å². The van der Waals surface area contributed by atoms with Gasteiger partial charge in [-0.05, 0) is 77.5 Å². The number of anilines is 3. The summed E-state index contributed by atoms with van der Waals surface area (Å²) >= 11 is 6.71. The number of ether oxygens (including phenoxy) is 2. The van der Waals surface area contributed by atoms with Gasteiger partial charge in [0.1, 0.15) is 24.4 Å². The quantitative estimate of drug-likeness (QED) is 0.238. The molecular formula is C31H44ClN5O4. The summed E-state index contributed by atoms with van der Waals surface area (Å²) in [6.45, 7) is 7.51. The molecule has 0 saturated carbocycles. The number of piperidine rings is 1. The first kappa shape index (κ1) is 30.9. The van der Waals surface area contributed by atoms with Crippen molar-refractivity contribution >= 4 is 40.9 Å². The van der Waals surface area contributed by atoms with Crippen molar-refractivity contribution in [2.45, 2.75) is 51.6 Å². The van der Waals surface area contributed by atoms with E-state index in [4.69, 9.17) is 21.1 Å². The second-order valence-corrected chi connectivity index (χ2v) is 11.7. The summed E-state index contributed by atoms with van der Waals surface area (Å²) in [7, 11) is 3.97. The number of nitrogens with one attached hydrogen (secondary N) is 4. The number of carbonyl (C=O) groups excluding carboxylic acids is 2. The summed E-state index contributed by atoms with van der Waals surface area (Å²) < 4.78 is 11.9.